The third-order valence-corrected chi connectivity index (χ3v) is 2.69. The predicted molar refractivity (Wildman–Crippen MR) is 51.7 cm³/mol. The second-order valence-electron chi connectivity index (χ2n) is 3.16. The van der Waals surface area contributed by atoms with Crippen molar-refractivity contribution in [2.75, 3.05) is 0 Å². The second-order valence-corrected chi connectivity index (χ2v) is 4.32. The minimum Gasteiger partial charge on any atom is -0.370 e. The van der Waals surface area contributed by atoms with Gasteiger partial charge in [0.1, 0.15) is 0 Å². The Labute approximate surface area is 83.0 Å². The van der Waals surface area contributed by atoms with E-state index in [1.807, 2.05) is 6.92 Å². The summed E-state index contributed by atoms with van der Waals surface area (Å²) in [6.45, 7) is 1.81. The number of allylic oxidation sites excluding steroid dienone is 2. The molecule has 14 heavy (non-hydrogen) atoms. The smallest absolute Gasteiger partial charge is 0.336 e. The molecule has 0 saturated heterocycles. The van der Waals surface area contributed by atoms with Crippen LogP contribution >= 0.6 is 0 Å². The van der Waals surface area contributed by atoms with Crippen LogP contribution in [0.5, 0.6) is 0 Å². The summed E-state index contributed by atoms with van der Waals surface area (Å²) in [7, 11) is -4.41. The Morgan fingerprint density at radius 3 is 2.64 bits per heavy atom. The van der Waals surface area contributed by atoms with Gasteiger partial charge in [-0.1, -0.05) is 25.2 Å². The maximum absolute atomic E-state index is 10.6. The molecule has 3 N–H and O–H groups in total. The van der Waals surface area contributed by atoms with Gasteiger partial charge in [-0.3, -0.25) is 4.55 Å². The standard InChI is InChI=1S/C8H13NO4S/c1-2-7-5-3-4-6-8(7,10)9-14(11,12)13/h3-7,9-10H,2H2,1H3,(H,11,12,13). The van der Waals surface area contributed by atoms with E-state index in [1.165, 1.54) is 12.2 Å². The number of aliphatic hydroxyl groups is 1. The van der Waals surface area contributed by atoms with Crippen molar-refractivity contribution in [3.8, 4) is 0 Å². The maximum atomic E-state index is 10.6. The minimum absolute atomic E-state index is 0.380. The lowest BCUT2D eigenvalue weighted by Gasteiger charge is -2.32. The Kier molecular flexibility index (Phi) is 3.10. The third-order valence-electron chi connectivity index (χ3n) is 2.10. The van der Waals surface area contributed by atoms with E-state index in [2.05, 4.69) is 0 Å². The minimum atomic E-state index is -4.41. The van der Waals surface area contributed by atoms with E-state index in [0.717, 1.165) is 0 Å². The lowest BCUT2D eigenvalue weighted by atomic mass is 9.90. The van der Waals surface area contributed by atoms with Gasteiger partial charge in [-0.2, -0.15) is 13.1 Å². The van der Waals surface area contributed by atoms with Gasteiger partial charge in [0.2, 0.25) is 0 Å². The first-order valence-corrected chi connectivity index (χ1v) is 5.66. The van der Waals surface area contributed by atoms with Crippen molar-refractivity contribution in [2.45, 2.75) is 19.1 Å². The summed E-state index contributed by atoms with van der Waals surface area (Å²) in [5.74, 6) is -0.380. The number of hydrogen-bond donors (Lipinski definition) is 3. The van der Waals surface area contributed by atoms with E-state index in [9.17, 15) is 13.5 Å². The fourth-order valence-electron chi connectivity index (χ4n) is 1.43. The molecule has 2 atom stereocenters. The fourth-order valence-corrected chi connectivity index (χ4v) is 2.07. The highest BCUT2D eigenvalue weighted by atomic mass is 32.2. The van der Waals surface area contributed by atoms with Crippen LogP contribution in [0.25, 0.3) is 0 Å². The quantitative estimate of drug-likeness (QED) is 0.468. The lowest BCUT2D eigenvalue weighted by Crippen LogP contribution is -2.52. The molecule has 0 aromatic carbocycles. The zero-order valence-corrected chi connectivity index (χ0v) is 8.53. The first-order valence-electron chi connectivity index (χ1n) is 4.22. The second kappa shape index (κ2) is 3.82. The van der Waals surface area contributed by atoms with Crippen LogP contribution in [0.15, 0.2) is 24.3 Å². The summed E-state index contributed by atoms with van der Waals surface area (Å²) in [6, 6.07) is 0. The van der Waals surface area contributed by atoms with Gasteiger partial charge in [-0.25, -0.2) is 0 Å². The van der Waals surface area contributed by atoms with Crippen molar-refractivity contribution >= 4 is 10.3 Å². The third kappa shape index (κ3) is 2.65. The molecule has 0 radical (unpaired) electrons. The van der Waals surface area contributed by atoms with Crippen LogP contribution in [0.1, 0.15) is 13.3 Å². The average molecular weight is 219 g/mol. The van der Waals surface area contributed by atoms with E-state index in [-0.39, 0.29) is 5.92 Å². The highest BCUT2D eigenvalue weighted by Crippen LogP contribution is 2.25. The summed E-state index contributed by atoms with van der Waals surface area (Å²) in [5.41, 5.74) is -1.73. The van der Waals surface area contributed by atoms with Crippen molar-refractivity contribution in [2.24, 2.45) is 5.92 Å². The zero-order chi connectivity index (χ0) is 10.8. The van der Waals surface area contributed by atoms with Gasteiger partial charge in [-0.15, -0.1) is 0 Å². The van der Waals surface area contributed by atoms with Crippen LogP contribution in [-0.2, 0) is 10.3 Å². The Bertz CT molecular complexity index is 360. The van der Waals surface area contributed by atoms with E-state index >= 15 is 0 Å². The fraction of sp³-hybridized carbons (Fsp3) is 0.500. The summed E-state index contributed by atoms with van der Waals surface area (Å²) < 4.78 is 31.6. The number of hydrogen-bond acceptors (Lipinski definition) is 3. The molecule has 0 spiro atoms. The van der Waals surface area contributed by atoms with Crippen molar-refractivity contribution in [1.29, 1.82) is 0 Å². The van der Waals surface area contributed by atoms with Crippen LogP contribution < -0.4 is 4.72 Å². The summed E-state index contributed by atoms with van der Waals surface area (Å²) in [6.07, 6.45) is 6.77. The molecule has 6 heteroatoms. The van der Waals surface area contributed by atoms with Crippen LogP contribution in [0, 0.1) is 5.92 Å². The maximum Gasteiger partial charge on any atom is 0.336 e. The molecule has 80 valence electrons. The Morgan fingerprint density at radius 1 is 1.50 bits per heavy atom. The molecule has 0 saturated carbocycles. The van der Waals surface area contributed by atoms with Gasteiger partial charge in [0, 0.05) is 5.92 Å². The van der Waals surface area contributed by atoms with Crippen molar-refractivity contribution in [1.82, 2.24) is 4.72 Å². The van der Waals surface area contributed by atoms with Gasteiger partial charge >= 0.3 is 10.3 Å². The van der Waals surface area contributed by atoms with Gasteiger partial charge in [0.15, 0.2) is 5.72 Å². The van der Waals surface area contributed by atoms with Crippen LogP contribution in [0.3, 0.4) is 0 Å². The molecule has 2 unspecified atom stereocenters. The molecule has 5 nitrogen and oxygen atoms in total. The highest BCUT2D eigenvalue weighted by molar-refractivity contribution is 7.83. The monoisotopic (exact) mass is 219 g/mol. The first kappa shape index (κ1) is 11.4. The van der Waals surface area contributed by atoms with Crippen molar-refractivity contribution < 1.29 is 18.1 Å². The van der Waals surface area contributed by atoms with Crippen LogP contribution in [-0.4, -0.2) is 23.8 Å². The van der Waals surface area contributed by atoms with Crippen molar-refractivity contribution in [3.63, 3.8) is 0 Å². The predicted octanol–water partition coefficient (Wildman–Crippen LogP) is 0.220. The average Bonchev–Trinajstić information content (AvgIpc) is 2.01. The molecule has 1 aliphatic carbocycles. The Morgan fingerprint density at radius 2 is 2.14 bits per heavy atom. The molecule has 0 amide bonds. The molecule has 1 aliphatic rings. The van der Waals surface area contributed by atoms with Gasteiger partial charge in [0.05, 0.1) is 0 Å². The highest BCUT2D eigenvalue weighted by Gasteiger charge is 2.36. The normalized spacial score (nSPS) is 32.1. The lowest BCUT2D eigenvalue weighted by molar-refractivity contribution is 0.0315. The van der Waals surface area contributed by atoms with Gasteiger partial charge in [-0.05, 0) is 12.5 Å². The summed E-state index contributed by atoms with van der Waals surface area (Å²) in [4.78, 5) is 0. The van der Waals surface area contributed by atoms with Gasteiger partial charge in [0.25, 0.3) is 0 Å². The molecule has 0 aliphatic heterocycles. The van der Waals surface area contributed by atoms with E-state index in [1.54, 1.807) is 16.9 Å². The summed E-state index contributed by atoms with van der Waals surface area (Å²) >= 11 is 0. The molecule has 1 rings (SSSR count). The summed E-state index contributed by atoms with van der Waals surface area (Å²) in [5, 5.41) is 9.88. The zero-order valence-electron chi connectivity index (χ0n) is 7.71. The molecular weight excluding hydrogens is 206 g/mol. The SMILES string of the molecule is CCC1C=CC=CC1(O)NS(=O)(=O)O. The topological polar surface area (TPSA) is 86.6 Å². The van der Waals surface area contributed by atoms with Crippen LogP contribution in [0.2, 0.25) is 0 Å². The number of nitrogens with one attached hydrogen (secondary N) is 1. The van der Waals surface area contributed by atoms with E-state index in [4.69, 9.17) is 4.55 Å². The van der Waals surface area contributed by atoms with E-state index < -0.39 is 16.0 Å². The Balaban J connectivity index is 2.92. The molecule has 0 bridgehead atoms. The Hall–Kier alpha value is -0.690. The molecular formula is C8H13NO4S. The molecule has 0 aromatic heterocycles. The molecule has 0 aromatic rings. The molecule has 0 heterocycles. The van der Waals surface area contributed by atoms with Crippen LogP contribution in [0.4, 0.5) is 0 Å². The molecule has 0 fully saturated rings. The van der Waals surface area contributed by atoms with Crippen molar-refractivity contribution in [3.05, 3.63) is 24.3 Å². The van der Waals surface area contributed by atoms with E-state index in [0.29, 0.717) is 6.42 Å². The number of rotatable bonds is 3. The largest absolute Gasteiger partial charge is 0.370 e. The van der Waals surface area contributed by atoms with Gasteiger partial charge < -0.3 is 5.11 Å². The first-order chi connectivity index (χ1) is 6.37.